The molecule has 5 heteroatoms. The Kier molecular flexibility index (Phi) is 5.56. The van der Waals surface area contributed by atoms with Crippen molar-refractivity contribution < 1.29 is 13.3 Å². The van der Waals surface area contributed by atoms with Gasteiger partial charge in [-0.2, -0.15) is 0 Å². The van der Waals surface area contributed by atoms with Gasteiger partial charge in [0.25, 0.3) is 0 Å². The van der Waals surface area contributed by atoms with Gasteiger partial charge in [-0.15, -0.1) is 0 Å². The van der Waals surface area contributed by atoms with Crippen LogP contribution in [-0.4, -0.2) is 35.5 Å². The molecular formula is C5H13BrO3Si. The highest BCUT2D eigenvalue weighted by Crippen LogP contribution is 2.13. The molecule has 0 unspecified atom stereocenters. The molecular weight excluding hydrogens is 216 g/mol. The highest BCUT2D eigenvalue weighted by atomic mass is 79.9. The summed E-state index contributed by atoms with van der Waals surface area (Å²) in [6, 6.07) is 0.802. The minimum Gasteiger partial charge on any atom is -0.377 e. The van der Waals surface area contributed by atoms with Crippen molar-refractivity contribution in [2.24, 2.45) is 0 Å². The number of rotatable bonds is 5. The standard InChI is InChI=1S/C5H13BrO3Si/c1-7-10(8-2,9-3)5-4-6/h4-5H2,1-3H3. The second-order valence-corrected chi connectivity index (χ2v) is 5.62. The van der Waals surface area contributed by atoms with E-state index in [4.69, 9.17) is 13.3 Å². The molecule has 0 N–H and O–H groups in total. The summed E-state index contributed by atoms with van der Waals surface area (Å²) < 4.78 is 15.4. The number of halogens is 1. The summed E-state index contributed by atoms with van der Waals surface area (Å²) in [5.41, 5.74) is 0. The highest BCUT2D eigenvalue weighted by molar-refractivity contribution is 9.09. The molecule has 10 heavy (non-hydrogen) atoms. The molecule has 0 bridgehead atoms. The van der Waals surface area contributed by atoms with Gasteiger partial charge in [-0.05, 0) is 0 Å². The fraction of sp³-hybridized carbons (Fsp3) is 1.00. The Labute approximate surface area is 71.2 Å². The lowest BCUT2D eigenvalue weighted by molar-refractivity contribution is 0.125. The topological polar surface area (TPSA) is 27.7 Å². The van der Waals surface area contributed by atoms with E-state index in [2.05, 4.69) is 15.9 Å². The SMILES string of the molecule is CO[Si](CCBr)(OC)OC. The summed E-state index contributed by atoms with van der Waals surface area (Å²) in [5, 5.41) is 0.842. The maximum atomic E-state index is 5.14. The van der Waals surface area contributed by atoms with Crippen LogP contribution in [0.5, 0.6) is 0 Å². The van der Waals surface area contributed by atoms with Crippen LogP contribution in [0.15, 0.2) is 0 Å². The van der Waals surface area contributed by atoms with E-state index >= 15 is 0 Å². The molecule has 0 aromatic heterocycles. The third-order valence-corrected chi connectivity index (χ3v) is 5.19. The average Bonchev–Trinajstić information content (AvgIpc) is 2.01. The fourth-order valence-electron chi connectivity index (χ4n) is 0.672. The first-order chi connectivity index (χ1) is 4.74. The average molecular weight is 229 g/mol. The summed E-state index contributed by atoms with van der Waals surface area (Å²) in [4.78, 5) is 0. The molecule has 0 saturated heterocycles. The zero-order chi connectivity index (χ0) is 8.04. The molecule has 0 amide bonds. The van der Waals surface area contributed by atoms with Crippen molar-refractivity contribution in [1.29, 1.82) is 0 Å². The second-order valence-electron chi connectivity index (χ2n) is 1.73. The molecule has 3 nitrogen and oxygen atoms in total. The number of hydrogen-bond donors (Lipinski definition) is 0. The molecule has 0 fully saturated rings. The molecule has 0 radical (unpaired) electrons. The molecule has 0 aromatic rings. The normalized spacial score (nSPS) is 12.0. The molecule has 0 aliphatic heterocycles. The summed E-state index contributed by atoms with van der Waals surface area (Å²) in [6.07, 6.45) is 0. The second kappa shape index (κ2) is 5.26. The molecule has 0 heterocycles. The largest absolute Gasteiger partial charge is 0.500 e. The Morgan fingerprint density at radius 1 is 1.10 bits per heavy atom. The zero-order valence-electron chi connectivity index (χ0n) is 6.52. The predicted molar refractivity (Wildman–Crippen MR) is 45.4 cm³/mol. The van der Waals surface area contributed by atoms with Gasteiger partial charge < -0.3 is 13.3 Å². The summed E-state index contributed by atoms with van der Waals surface area (Å²) in [5.74, 6) is 0. The highest BCUT2D eigenvalue weighted by Gasteiger charge is 2.36. The van der Waals surface area contributed by atoms with Crippen molar-refractivity contribution in [1.82, 2.24) is 0 Å². The molecule has 0 spiro atoms. The van der Waals surface area contributed by atoms with E-state index < -0.39 is 8.80 Å². The Hall–Kier alpha value is 0.577. The van der Waals surface area contributed by atoms with Crippen molar-refractivity contribution in [2.75, 3.05) is 26.7 Å². The molecule has 0 rings (SSSR count). The van der Waals surface area contributed by atoms with E-state index in [1.807, 2.05) is 0 Å². The molecule has 0 saturated carbocycles. The third-order valence-electron chi connectivity index (χ3n) is 1.33. The van der Waals surface area contributed by atoms with Crippen LogP contribution in [0.25, 0.3) is 0 Å². The van der Waals surface area contributed by atoms with E-state index in [1.165, 1.54) is 0 Å². The van der Waals surface area contributed by atoms with Crippen molar-refractivity contribution in [3.8, 4) is 0 Å². The van der Waals surface area contributed by atoms with Gasteiger partial charge in [-0.25, -0.2) is 0 Å². The minimum atomic E-state index is -2.26. The predicted octanol–water partition coefficient (Wildman–Crippen LogP) is 1.26. The van der Waals surface area contributed by atoms with Gasteiger partial charge in [-0.3, -0.25) is 0 Å². The summed E-state index contributed by atoms with van der Waals surface area (Å²) in [6.45, 7) is 0. The lowest BCUT2D eigenvalue weighted by Crippen LogP contribution is -2.42. The monoisotopic (exact) mass is 228 g/mol. The van der Waals surface area contributed by atoms with Crippen LogP contribution in [-0.2, 0) is 13.3 Å². The quantitative estimate of drug-likeness (QED) is 0.524. The Morgan fingerprint density at radius 2 is 1.50 bits per heavy atom. The van der Waals surface area contributed by atoms with E-state index in [0.29, 0.717) is 0 Å². The molecule has 0 aliphatic carbocycles. The number of alkyl halides is 1. The summed E-state index contributed by atoms with van der Waals surface area (Å²) in [7, 11) is 2.57. The maximum Gasteiger partial charge on any atom is 0.500 e. The Balaban J connectivity index is 3.87. The van der Waals surface area contributed by atoms with Gasteiger partial charge >= 0.3 is 8.80 Å². The van der Waals surface area contributed by atoms with Crippen molar-refractivity contribution >= 4 is 24.7 Å². The van der Waals surface area contributed by atoms with Gasteiger partial charge in [0.05, 0.1) is 0 Å². The summed E-state index contributed by atoms with van der Waals surface area (Å²) >= 11 is 3.30. The van der Waals surface area contributed by atoms with Crippen LogP contribution in [0, 0.1) is 0 Å². The van der Waals surface area contributed by atoms with E-state index in [1.54, 1.807) is 21.3 Å². The van der Waals surface area contributed by atoms with Gasteiger partial charge in [0.1, 0.15) is 0 Å². The smallest absolute Gasteiger partial charge is 0.377 e. The van der Waals surface area contributed by atoms with Crippen LogP contribution in [0.1, 0.15) is 0 Å². The molecule has 62 valence electrons. The first-order valence-corrected chi connectivity index (χ1v) is 6.01. The zero-order valence-corrected chi connectivity index (χ0v) is 9.10. The fourth-order valence-corrected chi connectivity index (χ4v) is 3.47. The molecule has 0 aromatic carbocycles. The number of hydrogen-bond acceptors (Lipinski definition) is 3. The lowest BCUT2D eigenvalue weighted by atomic mass is 11.0. The Morgan fingerprint density at radius 3 is 1.60 bits per heavy atom. The van der Waals surface area contributed by atoms with Crippen molar-refractivity contribution in [3.05, 3.63) is 0 Å². The van der Waals surface area contributed by atoms with Crippen LogP contribution >= 0.6 is 15.9 Å². The van der Waals surface area contributed by atoms with Gasteiger partial charge in [0.2, 0.25) is 0 Å². The van der Waals surface area contributed by atoms with Crippen LogP contribution < -0.4 is 0 Å². The van der Waals surface area contributed by atoms with Gasteiger partial charge in [0.15, 0.2) is 0 Å². The minimum absolute atomic E-state index is 0.802. The first kappa shape index (κ1) is 10.6. The first-order valence-electron chi connectivity index (χ1n) is 2.96. The van der Waals surface area contributed by atoms with Crippen molar-refractivity contribution in [2.45, 2.75) is 6.04 Å². The van der Waals surface area contributed by atoms with Crippen LogP contribution in [0.4, 0.5) is 0 Å². The van der Waals surface area contributed by atoms with E-state index in [9.17, 15) is 0 Å². The van der Waals surface area contributed by atoms with E-state index in [-0.39, 0.29) is 0 Å². The van der Waals surface area contributed by atoms with E-state index in [0.717, 1.165) is 11.4 Å². The third kappa shape index (κ3) is 2.67. The molecule has 0 atom stereocenters. The van der Waals surface area contributed by atoms with Crippen molar-refractivity contribution in [3.63, 3.8) is 0 Å². The molecule has 0 aliphatic rings. The Bertz CT molecular complexity index is 78.7. The lowest BCUT2D eigenvalue weighted by Gasteiger charge is -2.22. The van der Waals surface area contributed by atoms with Gasteiger partial charge in [-0.1, -0.05) is 15.9 Å². The van der Waals surface area contributed by atoms with Gasteiger partial charge in [0, 0.05) is 32.7 Å². The van der Waals surface area contributed by atoms with Crippen LogP contribution in [0.2, 0.25) is 6.04 Å². The maximum absolute atomic E-state index is 5.14. The van der Waals surface area contributed by atoms with Crippen LogP contribution in [0.3, 0.4) is 0 Å².